The van der Waals surface area contributed by atoms with E-state index in [9.17, 15) is 18.0 Å². The van der Waals surface area contributed by atoms with Gasteiger partial charge in [0.2, 0.25) is 10.0 Å². The van der Waals surface area contributed by atoms with Gasteiger partial charge in [-0.25, -0.2) is 17.9 Å². The largest absolute Gasteiger partial charge is 0.452 e. The van der Waals surface area contributed by atoms with Gasteiger partial charge in [-0.15, -0.1) is 6.58 Å². The van der Waals surface area contributed by atoms with Crippen LogP contribution in [0.1, 0.15) is 22.8 Å². The van der Waals surface area contributed by atoms with E-state index in [-0.39, 0.29) is 17.0 Å². The summed E-state index contributed by atoms with van der Waals surface area (Å²) in [6.07, 6.45) is 2.30. The maximum Gasteiger partial charge on any atom is 0.338 e. The van der Waals surface area contributed by atoms with Crippen molar-refractivity contribution in [2.45, 2.75) is 18.2 Å². The van der Waals surface area contributed by atoms with Gasteiger partial charge in [0.05, 0.1) is 10.5 Å². The van der Waals surface area contributed by atoms with Crippen LogP contribution in [0.2, 0.25) is 0 Å². The number of amides is 1. The summed E-state index contributed by atoms with van der Waals surface area (Å²) in [6.45, 7) is 5.05. The van der Waals surface area contributed by atoms with Crippen LogP contribution in [0.3, 0.4) is 0 Å². The van der Waals surface area contributed by atoms with Gasteiger partial charge in [0.15, 0.2) is 6.61 Å². The molecule has 0 unspecified atom stereocenters. The zero-order valence-electron chi connectivity index (χ0n) is 15.5. The number of hydrogen-bond acceptors (Lipinski definition) is 5. The Hall–Kier alpha value is -2.97. The predicted octanol–water partition coefficient (Wildman–Crippen LogP) is 2.51. The van der Waals surface area contributed by atoms with Gasteiger partial charge in [0.1, 0.15) is 0 Å². The molecule has 0 heterocycles. The first kappa shape index (κ1) is 21.3. The van der Waals surface area contributed by atoms with Gasteiger partial charge in [-0.2, -0.15) is 0 Å². The second-order valence-electron chi connectivity index (χ2n) is 5.84. The Balaban J connectivity index is 1.96. The maximum atomic E-state index is 12.1. The van der Waals surface area contributed by atoms with Crippen LogP contribution in [0.4, 0.5) is 5.69 Å². The van der Waals surface area contributed by atoms with Crippen LogP contribution in [0.15, 0.2) is 66.1 Å². The number of sulfonamides is 1. The zero-order chi connectivity index (χ0) is 20.6. The van der Waals surface area contributed by atoms with E-state index in [4.69, 9.17) is 4.74 Å². The van der Waals surface area contributed by atoms with E-state index in [1.54, 1.807) is 12.1 Å². The fraction of sp³-hybridized carbons (Fsp3) is 0.200. The van der Waals surface area contributed by atoms with Gasteiger partial charge in [0.25, 0.3) is 5.91 Å². The molecule has 7 nitrogen and oxygen atoms in total. The summed E-state index contributed by atoms with van der Waals surface area (Å²) in [5, 5.41) is 2.63. The lowest BCUT2D eigenvalue weighted by Gasteiger charge is -2.09. The SMILES string of the molecule is C=CCNS(=O)(=O)c1cccc(C(=O)OCC(=O)Nc2ccc(CC)cc2)c1. The highest BCUT2D eigenvalue weighted by molar-refractivity contribution is 7.89. The van der Waals surface area contributed by atoms with E-state index in [1.165, 1.54) is 30.3 Å². The molecule has 0 bridgehead atoms. The molecule has 0 aliphatic rings. The number of carbonyl (C=O) groups excluding carboxylic acids is 2. The van der Waals surface area contributed by atoms with Crippen LogP contribution in [0.25, 0.3) is 0 Å². The Morgan fingerprint density at radius 2 is 1.86 bits per heavy atom. The second-order valence-corrected chi connectivity index (χ2v) is 7.61. The molecule has 0 saturated heterocycles. The van der Waals surface area contributed by atoms with Crippen LogP contribution in [-0.2, 0) is 26.0 Å². The summed E-state index contributed by atoms with van der Waals surface area (Å²) in [5.74, 6) is -1.29. The number of esters is 1. The number of aryl methyl sites for hydroxylation is 1. The number of rotatable bonds is 9. The van der Waals surface area contributed by atoms with E-state index in [1.807, 2.05) is 19.1 Å². The molecule has 28 heavy (non-hydrogen) atoms. The highest BCUT2D eigenvalue weighted by Gasteiger charge is 2.17. The molecule has 0 spiro atoms. The lowest BCUT2D eigenvalue weighted by molar-refractivity contribution is -0.119. The molecule has 0 fully saturated rings. The third-order valence-electron chi connectivity index (χ3n) is 3.78. The van der Waals surface area contributed by atoms with Gasteiger partial charge >= 0.3 is 5.97 Å². The fourth-order valence-electron chi connectivity index (χ4n) is 2.28. The van der Waals surface area contributed by atoms with Crippen molar-refractivity contribution >= 4 is 27.6 Å². The molecule has 148 valence electrons. The molecule has 1 amide bonds. The van der Waals surface area contributed by atoms with E-state index in [0.29, 0.717) is 5.69 Å². The van der Waals surface area contributed by atoms with Crippen molar-refractivity contribution in [1.82, 2.24) is 4.72 Å². The topological polar surface area (TPSA) is 102 Å². The van der Waals surface area contributed by atoms with E-state index in [0.717, 1.165) is 12.0 Å². The van der Waals surface area contributed by atoms with Gasteiger partial charge in [0, 0.05) is 12.2 Å². The Morgan fingerprint density at radius 3 is 2.50 bits per heavy atom. The summed E-state index contributed by atoms with van der Waals surface area (Å²) in [5.41, 5.74) is 1.77. The van der Waals surface area contributed by atoms with Crippen LogP contribution >= 0.6 is 0 Å². The van der Waals surface area contributed by atoms with Crippen molar-refractivity contribution in [3.05, 3.63) is 72.3 Å². The Morgan fingerprint density at radius 1 is 1.14 bits per heavy atom. The summed E-state index contributed by atoms with van der Waals surface area (Å²) >= 11 is 0. The highest BCUT2D eigenvalue weighted by Crippen LogP contribution is 2.13. The second kappa shape index (κ2) is 9.82. The number of hydrogen-bond donors (Lipinski definition) is 2. The number of ether oxygens (including phenoxy) is 1. The Bertz CT molecular complexity index is 953. The molecule has 0 radical (unpaired) electrons. The summed E-state index contributed by atoms with van der Waals surface area (Å²) in [6, 6.07) is 12.7. The van der Waals surface area contributed by atoms with Crippen LogP contribution in [0.5, 0.6) is 0 Å². The van der Waals surface area contributed by atoms with E-state index >= 15 is 0 Å². The molecular formula is C20H22N2O5S. The Labute approximate surface area is 164 Å². The average molecular weight is 402 g/mol. The number of anilines is 1. The molecule has 2 rings (SSSR count). The van der Waals surface area contributed by atoms with Gasteiger partial charge < -0.3 is 10.1 Å². The molecule has 0 atom stereocenters. The Kier molecular flexibility index (Phi) is 7.48. The minimum atomic E-state index is -3.76. The first-order chi connectivity index (χ1) is 13.4. The zero-order valence-corrected chi connectivity index (χ0v) is 16.3. The smallest absolute Gasteiger partial charge is 0.338 e. The number of nitrogens with one attached hydrogen (secondary N) is 2. The third kappa shape index (κ3) is 6.04. The van der Waals surface area contributed by atoms with Crippen LogP contribution < -0.4 is 10.0 Å². The molecule has 2 aromatic carbocycles. The molecule has 2 aromatic rings. The highest BCUT2D eigenvalue weighted by atomic mass is 32.2. The van der Waals surface area contributed by atoms with Crippen LogP contribution in [-0.4, -0.2) is 33.4 Å². The minimum Gasteiger partial charge on any atom is -0.452 e. The summed E-state index contributed by atoms with van der Waals surface area (Å²) in [4.78, 5) is 24.0. The fourth-order valence-corrected chi connectivity index (χ4v) is 3.32. The molecular weight excluding hydrogens is 380 g/mol. The standard InChI is InChI=1S/C20H22N2O5S/c1-3-12-21-28(25,26)18-7-5-6-16(13-18)20(24)27-14-19(23)22-17-10-8-15(4-2)9-11-17/h3,5-11,13,21H,1,4,12,14H2,2H3,(H,22,23). The molecule has 8 heteroatoms. The third-order valence-corrected chi connectivity index (χ3v) is 5.20. The monoisotopic (exact) mass is 402 g/mol. The van der Waals surface area contributed by atoms with Crippen LogP contribution in [0, 0.1) is 0 Å². The lowest BCUT2D eigenvalue weighted by Crippen LogP contribution is -2.24. The lowest BCUT2D eigenvalue weighted by atomic mass is 10.1. The number of carbonyl (C=O) groups is 2. The maximum absolute atomic E-state index is 12.1. The quantitative estimate of drug-likeness (QED) is 0.496. The molecule has 0 saturated carbocycles. The van der Waals surface area contributed by atoms with Crippen molar-refractivity contribution in [2.75, 3.05) is 18.5 Å². The summed E-state index contributed by atoms with van der Waals surface area (Å²) in [7, 11) is -3.76. The van der Waals surface area contributed by atoms with E-state index < -0.39 is 28.5 Å². The molecule has 0 aliphatic carbocycles. The van der Waals surface area contributed by atoms with Crippen molar-refractivity contribution in [3.8, 4) is 0 Å². The molecule has 0 aromatic heterocycles. The van der Waals surface area contributed by atoms with Crippen molar-refractivity contribution in [2.24, 2.45) is 0 Å². The minimum absolute atomic E-state index is 0.0292. The van der Waals surface area contributed by atoms with Crippen molar-refractivity contribution in [1.29, 1.82) is 0 Å². The predicted molar refractivity (Wildman–Crippen MR) is 107 cm³/mol. The van der Waals surface area contributed by atoms with Gasteiger partial charge in [-0.05, 0) is 42.3 Å². The van der Waals surface area contributed by atoms with E-state index in [2.05, 4.69) is 16.6 Å². The normalized spacial score (nSPS) is 10.9. The molecule has 2 N–H and O–H groups in total. The summed E-state index contributed by atoms with van der Waals surface area (Å²) < 4.78 is 31.5. The van der Waals surface area contributed by atoms with Crippen molar-refractivity contribution in [3.63, 3.8) is 0 Å². The van der Waals surface area contributed by atoms with Gasteiger partial charge in [-0.1, -0.05) is 31.2 Å². The average Bonchev–Trinajstić information content (AvgIpc) is 2.71. The number of benzene rings is 2. The van der Waals surface area contributed by atoms with Gasteiger partial charge in [-0.3, -0.25) is 4.79 Å². The van der Waals surface area contributed by atoms with Crippen molar-refractivity contribution < 1.29 is 22.7 Å². The first-order valence-electron chi connectivity index (χ1n) is 8.62. The molecule has 0 aliphatic heterocycles. The first-order valence-corrected chi connectivity index (χ1v) is 10.1.